The number of rotatable bonds is 12. The van der Waals surface area contributed by atoms with E-state index in [2.05, 4.69) is 96.6 Å². The Balaban J connectivity index is 0.889. The van der Waals surface area contributed by atoms with E-state index in [4.69, 9.17) is 30.9 Å². The van der Waals surface area contributed by atoms with E-state index in [9.17, 15) is 0 Å². The third-order valence-electron chi connectivity index (χ3n) is 11.8. The molecule has 0 fully saturated rings. The highest BCUT2D eigenvalue weighted by Gasteiger charge is 2.25. The Labute approximate surface area is 378 Å². The van der Waals surface area contributed by atoms with Crippen molar-refractivity contribution in [3.63, 3.8) is 0 Å². The summed E-state index contributed by atoms with van der Waals surface area (Å²) in [7, 11) is 0. The molecule has 10 rings (SSSR count). The van der Waals surface area contributed by atoms with E-state index in [1.54, 1.807) is 0 Å². The highest BCUT2D eigenvalue weighted by molar-refractivity contribution is 5.84. The van der Waals surface area contributed by atoms with Crippen molar-refractivity contribution in [1.82, 2.24) is 19.9 Å². The van der Waals surface area contributed by atoms with E-state index < -0.39 is 0 Å². The number of hydrogen-bond donors (Lipinski definition) is 4. The number of anilines is 2. The molecule has 0 spiro atoms. The molecule has 0 aliphatic carbocycles. The first kappa shape index (κ1) is 40.5. The van der Waals surface area contributed by atoms with Gasteiger partial charge in [-0.1, -0.05) is 159 Å². The zero-order chi connectivity index (χ0) is 44.3. The summed E-state index contributed by atoms with van der Waals surface area (Å²) in [6.45, 7) is 4.43. The minimum atomic E-state index is -0.332. The maximum absolute atomic E-state index is 6.58. The lowest BCUT2D eigenvalue weighted by Gasteiger charge is -2.26. The number of aromatic nitrogens is 4. The van der Waals surface area contributed by atoms with Gasteiger partial charge in [-0.05, 0) is 71.8 Å². The highest BCUT2D eigenvalue weighted by atomic mass is 16.5. The van der Waals surface area contributed by atoms with Gasteiger partial charge in [0.15, 0.2) is 0 Å². The lowest BCUT2D eigenvalue weighted by atomic mass is 9.78. The molecule has 2 heterocycles. The van der Waals surface area contributed by atoms with E-state index in [-0.39, 0.29) is 5.41 Å². The van der Waals surface area contributed by atoms with Crippen LogP contribution >= 0.6 is 0 Å². The molecular weight excluding hydrogens is 801 g/mol. The van der Waals surface area contributed by atoms with Gasteiger partial charge in [0.1, 0.15) is 34.6 Å². The number of nitrogens with one attached hydrogen (secondary N) is 2. The summed E-state index contributed by atoms with van der Waals surface area (Å²) < 4.78 is 13.2. The molecule has 0 bridgehead atoms. The van der Waals surface area contributed by atoms with Gasteiger partial charge in [0, 0.05) is 39.0 Å². The molecule has 0 saturated heterocycles. The Bertz CT molecular complexity index is 2890. The van der Waals surface area contributed by atoms with Crippen molar-refractivity contribution in [2.45, 2.75) is 19.3 Å². The number of nitrogen functional groups attached to an aromatic ring is 2. The first-order valence-corrected chi connectivity index (χ1v) is 21.5. The normalized spacial score (nSPS) is 11.4. The topological polar surface area (TPSA) is 128 Å². The summed E-state index contributed by atoms with van der Waals surface area (Å²) in [5.41, 5.74) is 25.0. The maximum Gasteiger partial charge on any atom is 0.142 e. The summed E-state index contributed by atoms with van der Waals surface area (Å²) in [4.78, 5) is 17.4. The van der Waals surface area contributed by atoms with Gasteiger partial charge in [0.25, 0.3) is 0 Å². The number of H-pyrrole nitrogens is 2. The standard InChI is InChI=1S/C57H46N6O2/c1-57(2,41-23-29-45(30-24-41)64-49-33-27-43(58)35-47(49)55-60-51(37-15-7-3-8-16-37)52(61-55)38-17-9-4-10-18-38)42-25-31-46(32-26-42)65-50-34-28-44(59)36-48(50)56-62-53(39-19-11-5-12-20-39)54(63-56)40-21-13-6-14-22-40/h3-36H,58-59H2,1-2H3,(H,60,61)(H,62,63). The van der Waals surface area contributed by atoms with Crippen molar-refractivity contribution in [1.29, 1.82) is 0 Å². The molecule has 8 nitrogen and oxygen atoms in total. The lowest BCUT2D eigenvalue weighted by Crippen LogP contribution is -2.18. The minimum Gasteiger partial charge on any atom is -0.457 e. The van der Waals surface area contributed by atoms with Gasteiger partial charge in [-0.3, -0.25) is 0 Å². The number of aromatic amines is 2. The number of imidazole rings is 2. The molecule has 65 heavy (non-hydrogen) atoms. The fourth-order valence-corrected chi connectivity index (χ4v) is 8.18. The molecule has 316 valence electrons. The second-order valence-corrected chi connectivity index (χ2v) is 16.5. The van der Waals surface area contributed by atoms with Crippen molar-refractivity contribution < 1.29 is 9.47 Å². The Morgan fingerprint density at radius 3 is 1.09 bits per heavy atom. The largest absolute Gasteiger partial charge is 0.457 e. The number of nitrogens with two attached hydrogens (primary N) is 2. The molecule has 0 saturated carbocycles. The van der Waals surface area contributed by atoms with Crippen LogP contribution in [0.3, 0.4) is 0 Å². The maximum atomic E-state index is 6.58. The average Bonchev–Trinajstić information content (AvgIpc) is 4.01. The molecule has 2 aromatic heterocycles. The summed E-state index contributed by atoms with van der Waals surface area (Å²) in [6.07, 6.45) is 0. The number of benzene rings is 8. The third-order valence-corrected chi connectivity index (χ3v) is 11.8. The van der Waals surface area contributed by atoms with Gasteiger partial charge >= 0.3 is 0 Å². The van der Waals surface area contributed by atoms with Crippen LogP contribution in [-0.4, -0.2) is 19.9 Å². The van der Waals surface area contributed by atoms with Gasteiger partial charge < -0.3 is 30.9 Å². The molecule has 8 heteroatoms. The SMILES string of the molecule is CC(C)(c1ccc(Oc2ccc(N)cc2-c2nc(-c3ccccc3)c(-c3ccccc3)[nH]2)cc1)c1ccc(Oc2ccc(N)cc2-c2nc(-c3ccccc3)c(-c3ccccc3)[nH]2)cc1. The first-order valence-electron chi connectivity index (χ1n) is 21.5. The van der Waals surface area contributed by atoms with Gasteiger partial charge in [-0.15, -0.1) is 0 Å². The van der Waals surface area contributed by atoms with E-state index >= 15 is 0 Å². The van der Waals surface area contributed by atoms with Crippen LogP contribution in [-0.2, 0) is 5.41 Å². The molecule has 10 aromatic rings. The monoisotopic (exact) mass is 846 g/mol. The molecule has 0 radical (unpaired) electrons. The number of hydrogen-bond acceptors (Lipinski definition) is 6. The first-order chi connectivity index (χ1) is 31.8. The lowest BCUT2D eigenvalue weighted by molar-refractivity contribution is 0.482. The second-order valence-electron chi connectivity index (χ2n) is 16.5. The Morgan fingerprint density at radius 1 is 0.400 bits per heavy atom. The van der Waals surface area contributed by atoms with E-state index in [0.717, 1.165) is 67.3 Å². The van der Waals surface area contributed by atoms with E-state index in [0.29, 0.717) is 46.0 Å². The van der Waals surface area contributed by atoms with Crippen molar-refractivity contribution >= 4 is 11.4 Å². The van der Waals surface area contributed by atoms with Crippen LogP contribution in [0.5, 0.6) is 23.0 Å². The Hall–Kier alpha value is -8.62. The van der Waals surface area contributed by atoms with Crippen molar-refractivity contribution in [3.05, 3.63) is 217 Å². The van der Waals surface area contributed by atoms with Gasteiger partial charge in [0.05, 0.1) is 33.9 Å². The molecule has 0 amide bonds. The predicted octanol–water partition coefficient (Wildman–Crippen LogP) is 14.2. The highest BCUT2D eigenvalue weighted by Crippen LogP contribution is 2.42. The minimum absolute atomic E-state index is 0.332. The van der Waals surface area contributed by atoms with Crippen molar-refractivity contribution in [3.8, 4) is 90.8 Å². The van der Waals surface area contributed by atoms with Crippen LogP contribution in [0.2, 0.25) is 0 Å². The summed E-state index contributed by atoms with van der Waals surface area (Å²) >= 11 is 0. The summed E-state index contributed by atoms with van der Waals surface area (Å²) in [5.74, 6) is 4.00. The average molecular weight is 847 g/mol. The number of ether oxygens (including phenoxy) is 2. The summed E-state index contributed by atoms with van der Waals surface area (Å²) in [5, 5.41) is 0. The van der Waals surface area contributed by atoms with Gasteiger partial charge in [0.2, 0.25) is 0 Å². The molecule has 0 atom stereocenters. The van der Waals surface area contributed by atoms with Crippen LogP contribution in [0.15, 0.2) is 206 Å². The zero-order valence-electron chi connectivity index (χ0n) is 36.0. The zero-order valence-corrected chi connectivity index (χ0v) is 36.0. The molecular formula is C57H46N6O2. The molecule has 0 unspecified atom stereocenters. The number of nitrogens with zero attached hydrogens (tertiary/aromatic N) is 2. The Morgan fingerprint density at radius 2 is 0.738 bits per heavy atom. The van der Waals surface area contributed by atoms with Crippen LogP contribution in [0.25, 0.3) is 67.8 Å². The van der Waals surface area contributed by atoms with Crippen LogP contribution in [0.1, 0.15) is 25.0 Å². The fourth-order valence-electron chi connectivity index (χ4n) is 8.18. The predicted molar refractivity (Wildman–Crippen MR) is 264 cm³/mol. The van der Waals surface area contributed by atoms with Gasteiger partial charge in [-0.25, -0.2) is 9.97 Å². The fraction of sp³-hybridized carbons (Fsp3) is 0.0526. The quantitative estimate of drug-likeness (QED) is 0.0907. The van der Waals surface area contributed by atoms with Gasteiger partial charge in [-0.2, -0.15) is 0 Å². The van der Waals surface area contributed by atoms with Crippen LogP contribution < -0.4 is 20.9 Å². The third kappa shape index (κ3) is 8.36. The van der Waals surface area contributed by atoms with E-state index in [1.165, 1.54) is 0 Å². The van der Waals surface area contributed by atoms with Crippen molar-refractivity contribution in [2.75, 3.05) is 11.5 Å². The molecule has 6 N–H and O–H groups in total. The smallest absolute Gasteiger partial charge is 0.142 e. The van der Waals surface area contributed by atoms with Crippen LogP contribution in [0.4, 0.5) is 11.4 Å². The molecule has 0 aliphatic rings. The Kier molecular flexibility index (Phi) is 10.7. The van der Waals surface area contributed by atoms with Crippen molar-refractivity contribution in [2.24, 2.45) is 0 Å². The molecule has 0 aliphatic heterocycles. The molecule has 8 aromatic carbocycles. The summed E-state index contributed by atoms with van der Waals surface area (Å²) in [6, 6.07) is 68.5. The second kappa shape index (κ2) is 17.3. The van der Waals surface area contributed by atoms with E-state index in [1.807, 2.05) is 133 Å². The van der Waals surface area contributed by atoms with Crippen LogP contribution in [0, 0.1) is 0 Å².